The van der Waals surface area contributed by atoms with E-state index in [0.717, 1.165) is 5.56 Å². The number of aryl methyl sites for hydroxylation is 1. The van der Waals surface area contributed by atoms with Gasteiger partial charge in [0.2, 0.25) is 0 Å². The fourth-order valence-corrected chi connectivity index (χ4v) is 2.63. The van der Waals surface area contributed by atoms with E-state index >= 15 is 0 Å². The van der Waals surface area contributed by atoms with Crippen LogP contribution in [0, 0.1) is 12.2 Å². The summed E-state index contributed by atoms with van der Waals surface area (Å²) >= 11 is 0. The molecule has 93 valence electrons. The second kappa shape index (κ2) is 4.92. The van der Waals surface area contributed by atoms with Crippen LogP contribution in [0.5, 0.6) is 0 Å². The second-order valence-electron chi connectivity index (χ2n) is 4.04. The average molecular weight is 261 g/mol. The largest absolute Gasteiger partial charge is 0.285 e. The van der Waals surface area contributed by atoms with Crippen molar-refractivity contribution in [1.82, 2.24) is 0 Å². The van der Waals surface area contributed by atoms with Gasteiger partial charge in [-0.25, -0.2) is 0 Å². The van der Waals surface area contributed by atoms with Crippen LogP contribution in [-0.2, 0) is 10.1 Å². The molecule has 0 aliphatic rings. The summed E-state index contributed by atoms with van der Waals surface area (Å²) in [6.45, 7) is 1.92. The van der Waals surface area contributed by atoms with E-state index in [4.69, 9.17) is 0 Å². The van der Waals surface area contributed by atoms with Gasteiger partial charge >= 0.3 is 0 Å². The summed E-state index contributed by atoms with van der Waals surface area (Å²) in [5.74, 6) is 0. The van der Waals surface area contributed by atoms with Crippen molar-refractivity contribution in [1.29, 1.82) is 0 Å². The molecule has 1 N–H and O–H groups in total. The van der Waals surface area contributed by atoms with E-state index in [1.807, 2.05) is 19.1 Å². The predicted octanol–water partition coefficient (Wildman–Crippen LogP) is 2.81. The summed E-state index contributed by atoms with van der Waals surface area (Å²) in [6.07, 6.45) is 0. The average Bonchev–Trinajstić information content (AvgIpc) is 2.32. The minimum Gasteiger partial charge on any atom is -0.285 e. The lowest BCUT2D eigenvalue weighted by molar-refractivity contribution is 0.487. The van der Waals surface area contributed by atoms with Crippen molar-refractivity contribution in [3.05, 3.63) is 76.5 Å². The quantitative estimate of drug-likeness (QED) is 0.864. The first kappa shape index (κ1) is 12.8. The Hall–Kier alpha value is -1.65. The highest BCUT2D eigenvalue weighted by Gasteiger charge is 2.28. The Bertz CT molecular complexity index is 616. The first-order valence-corrected chi connectivity index (χ1v) is 6.89. The summed E-state index contributed by atoms with van der Waals surface area (Å²) in [5.41, 5.74) is 1.99. The van der Waals surface area contributed by atoms with Crippen molar-refractivity contribution < 1.29 is 13.0 Å². The van der Waals surface area contributed by atoms with E-state index < -0.39 is 10.1 Å². The summed E-state index contributed by atoms with van der Waals surface area (Å²) in [5, 5.41) is -0.0666. The van der Waals surface area contributed by atoms with Crippen molar-refractivity contribution in [3.8, 4) is 0 Å². The zero-order chi connectivity index (χ0) is 13.2. The predicted molar refractivity (Wildman–Crippen MR) is 70.6 cm³/mol. The molecule has 0 amide bonds. The van der Waals surface area contributed by atoms with Crippen LogP contribution in [0.3, 0.4) is 0 Å². The van der Waals surface area contributed by atoms with Crippen LogP contribution >= 0.6 is 0 Å². The van der Waals surface area contributed by atoms with Crippen LogP contribution in [0.1, 0.15) is 16.7 Å². The summed E-state index contributed by atoms with van der Waals surface area (Å²) in [4.78, 5) is 0. The van der Waals surface area contributed by atoms with E-state index in [0.29, 0.717) is 11.1 Å². The molecule has 0 aromatic heterocycles. The summed E-state index contributed by atoms with van der Waals surface area (Å²) in [6, 6.07) is 15.6. The van der Waals surface area contributed by atoms with Gasteiger partial charge in [0.15, 0.2) is 5.25 Å². The Morgan fingerprint density at radius 3 is 1.89 bits per heavy atom. The molecule has 0 aliphatic carbocycles. The first-order chi connectivity index (χ1) is 8.48. The maximum atomic E-state index is 11.5. The zero-order valence-corrected chi connectivity index (χ0v) is 10.7. The third-order valence-electron chi connectivity index (χ3n) is 2.61. The summed E-state index contributed by atoms with van der Waals surface area (Å²) < 4.78 is 32.5. The van der Waals surface area contributed by atoms with Crippen molar-refractivity contribution in [2.24, 2.45) is 0 Å². The number of benzene rings is 2. The fraction of sp³-hybridized carbons (Fsp3) is 0.0714. The third-order valence-corrected chi connectivity index (χ3v) is 3.59. The van der Waals surface area contributed by atoms with Crippen LogP contribution in [0.15, 0.2) is 54.6 Å². The molecule has 0 spiro atoms. The smallest absolute Gasteiger partial charge is 0.281 e. The zero-order valence-electron chi connectivity index (χ0n) is 9.87. The fourth-order valence-electron chi connectivity index (χ4n) is 1.76. The van der Waals surface area contributed by atoms with E-state index in [2.05, 4.69) is 0 Å². The maximum Gasteiger partial charge on any atom is 0.281 e. The molecule has 0 atom stereocenters. The Labute approximate surface area is 107 Å². The van der Waals surface area contributed by atoms with Gasteiger partial charge in [-0.15, -0.1) is 0 Å². The minimum atomic E-state index is -4.27. The molecule has 2 aromatic carbocycles. The van der Waals surface area contributed by atoms with Crippen molar-refractivity contribution in [2.75, 3.05) is 0 Å². The molecule has 0 heterocycles. The van der Waals surface area contributed by atoms with Gasteiger partial charge in [-0.2, -0.15) is 8.42 Å². The van der Waals surface area contributed by atoms with Gasteiger partial charge in [0.25, 0.3) is 10.1 Å². The van der Waals surface area contributed by atoms with Crippen LogP contribution < -0.4 is 0 Å². The molecule has 1 radical (unpaired) electrons. The van der Waals surface area contributed by atoms with Crippen molar-refractivity contribution in [2.45, 2.75) is 6.92 Å². The number of hydrogen-bond acceptors (Lipinski definition) is 2. The highest BCUT2D eigenvalue weighted by molar-refractivity contribution is 7.89. The molecule has 0 bridgehead atoms. The van der Waals surface area contributed by atoms with Crippen molar-refractivity contribution >= 4 is 10.1 Å². The lowest BCUT2D eigenvalue weighted by atomic mass is 10.0. The van der Waals surface area contributed by atoms with Crippen LogP contribution in [0.2, 0.25) is 0 Å². The third kappa shape index (κ3) is 2.78. The van der Waals surface area contributed by atoms with Gasteiger partial charge < -0.3 is 0 Å². The highest BCUT2D eigenvalue weighted by atomic mass is 32.2. The lowest BCUT2D eigenvalue weighted by Crippen LogP contribution is -2.14. The van der Waals surface area contributed by atoms with Crippen LogP contribution in [-0.4, -0.2) is 13.0 Å². The van der Waals surface area contributed by atoms with E-state index in [1.54, 1.807) is 42.5 Å². The molecular weight excluding hydrogens is 248 g/mol. The molecule has 0 aliphatic heterocycles. The highest BCUT2D eigenvalue weighted by Crippen LogP contribution is 2.28. The van der Waals surface area contributed by atoms with E-state index in [9.17, 15) is 13.0 Å². The second-order valence-corrected chi connectivity index (χ2v) is 5.39. The Morgan fingerprint density at radius 1 is 0.889 bits per heavy atom. The molecule has 0 fully saturated rings. The topological polar surface area (TPSA) is 54.4 Å². The van der Waals surface area contributed by atoms with E-state index in [-0.39, 0.29) is 5.25 Å². The first-order valence-electron chi connectivity index (χ1n) is 5.45. The molecular formula is C14H13O3S. The van der Waals surface area contributed by atoms with Gasteiger partial charge in [0.05, 0.1) is 0 Å². The minimum absolute atomic E-state index is 0.0666. The number of rotatable bonds is 3. The van der Waals surface area contributed by atoms with Gasteiger partial charge in [-0.05, 0) is 18.1 Å². The normalized spacial score (nSPS) is 11.7. The molecule has 3 nitrogen and oxygen atoms in total. The molecule has 0 unspecified atom stereocenters. The number of hydrogen-bond donors (Lipinski definition) is 1. The van der Waals surface area contributed by atoms with Crippen LogP contribution in [0.25, 0.3) is 0 Å². The molecule has 4 heteroatoms. The monoisotopic (exact) mass is 261 g/mol. The maximum absolute atomic E-state index is 11.5. The molecule has 2 aromatic rings. The Kier molecular flexibility index (Phi) is 3.50. The summed E-state index contributed by atoms with van der Waals surface area (Å²) in [7, 11) is -4.27. The molecule has 0 saturated heterocycles. The van der Waals surface area contributed by atoms with Gasteiger partial charge in [-0.3, -0.25) is 4.55 Å². The standard InChI is InChI=1S/C14H13O3S/c1-11-7-9-13(10-8-11)14(18(15,16)17)12-5-3-2-4-6-12/h2-10H,1H3,(H,15,16,17). The SMILES string of the molecule is Cc1ccc([C](c2ccccc2)S(=O)(=O)O)cc1. The molecule has 18 heavy (non-hydrogen) atoms. The van der Waals surface area contributed by atoms with Gasteiger partial charge in [0.1, 0.15) is 0 Å². The molecule has 2 rings (SSSR count). The van der Waals surface area contributed by atoms with Gasteiger partial charge in [0, 0.05) is 0 Å². The lowest BCUT2D eigenvalue weighted by Gasteiger charge is -2.13. The van der Waals surface area contributed by atoms with E-state index in [1.165, 1.54) is 0 Å². The molecule has 0 saturated carbocycles. The van der Waals surface area contributed by atoms with Crippen LogP contribution in [0.4, 0.5) is 0 Å². The Morgan fingerprint density at radius 2 is 1.39 bits per heavy atom. The Balaban J connectivity index is 2.55. The van der Waals surface area contributed by atoms with Gasteiger partial charge in [-0.1, -0.05) is 60.2 Å². The van der Waals surface area contributed by atoms with Crippen molar-refractivity contribution in [3.63, 3.8) is 0 Å².